The number of rotatable bonds is 9. The van der Waals surface area contributed by atoms with Gasteiger partial charge in [0.1, 0.15) is 17.2 Å². The van der Waals surface area contributed by atoms with Gasteiger partial charge in [0, 0.05) is 23.5 Å². The zero-order valence-corrected chi connectivity index (χ0v) is 22.9. The number of amides is 1. The van der Waals surface area contributed by atoms with E-state index >= 15 is 0 Å². The monoisotopic (exact) mass is 570 g/mol. The molecule has 13 heteroatoms. The van der Waals surface area contributed by atoms with Crippen LogP contribution in [0.3, 0.4) is 0 Å². The molecule has 0 fully saturated rings. The van der Waals surface area contributed by atoms with Gasteiger partial charge in [-0.3, -0.25) is 4.79 Å². The lowest BCUT2D eigenvalue weighted by Crippen LogP contribution is -2.28. The van der Waals surface area contributed by atoms with E-state index in [4.69, 9.17) is 9.47 Å². The van der Waals surface area contributed by atoms with Crippen molar-refractivity contribution in [2.75, 3.05) is 24.9 Å². The standard InChI is InChI=1S/C27H26F3N6O3P/c1-15(21-14-31-26(36-35-21)34-18-12-22(38-2)24(40)23(13-18)39-3)32-25(37)19-9-4-5-10-20(19)33-17-8-6-7-16(11-17)27(28,29)30/h4-15,33H,40H2,1-3H3,(H,32,37)(H,31,34,36). The second kappa shape index (κ2) is 12.2. The fraction of sp³-hybridized carbons (Fsp3) is 0.185. The molecule has 0 aliphatic carbocycles. The van der Waals surface area contributed by atoms with Crippen molar-refractivity contribution in [1.29, 1.82) is 0 Å². The van der Waals surface area contributed by atoms with E-state index in [1.165, 1.54) is 18.3 Å². The zero-order chi connectivity index (χ0) is 28.9. The predicted molar refractivity (Wildman–Crippen MR) is 149 cm³/mol. The summed E-state index contributed by atoms with van der Waals surface area (Å²) in [4.78, 5) is 17.4. The van der Waals surface area contributed by atoms with E-state index < -0.39 is 23.7 Å². The highest BCUT2D eigenvalue weighted by Crippen LogP contribution is 2.32. The second-order valence-corrected chi connectivity index (χ2v) is 9.15. The van der Waals surface area contributed by atoms with E-state index in [0.717, 1.165) is 17.4 Å². The van der Waals surface area contributed by atoms with Crippen molar-refractivity contribution in [2.24, 2.45) is 0 Å². The Hall–Kier alpha value is -4.44. The van der Waals surface area contributed by atoms with Crippen molar-refractivity contribution in [3.05, 3.63) is 83.7 Å². The van der Waals surface area contributed by atoms with Crippen LogP contribution in [0.5, 0.6) is 11.5 Å². The number of para-hydroxylation sites is 1. The van der Waals surface area contributed by atoms with Crippen LogP contribution in [0.25, 0.3) is 0 Å². The number of hydrogen-bond donors (Lipinski definition) is 3. The third-order valence-corrected chi connectivity index (χ3v) is 6.38. The summed E-state index contributed by atoms with van der Waals surface area (Å²) in [5.41, 5.74) is 1.02. The van der Waals surface area contributed by atoms with E-state index in [9.17, 15) is 18.0 Å². The molecule has 1 heterocycles. The van der Waals surface area contributed by atoms with E-state index in [-0.39, 0.29) is 17.2 Å². The van der Waals surface area contributed by atoms with Crippen LogP contribution in [0, 0.1) is 0 Å². The molecule has 40 heavy (non-hydrogen) atoms. The van der Waals surface area contributed by atoms with Gasteiger partial charge in [-0.1, -0.05) is 27.4 Å². The SMILES string of the molecule is COc1cc(Nc2ncc(C(C)NC(=O)c3ccccc3Nc3cccc(C(F)(F)F)c3)nn2)cc(OC)c1P. The fourth-order valence-electron chi connectivity index (χ4n) is 3.75. The molecule has 3 N–H and O–H groups in total. The molecule has 2 unspecified atom stereocenters. The lowest BCUT2D eigenvalue weighted by Gasteiger charge is -2.16. The van der Waals surface area contributed by atoms with Crippen molar-refractivity contribution < 1.29 is 27.4 Å². The molecule has 0 saturated carbocycles. The maximum Gasteiger partial charge on any atom is 0.416 e. The number of anilines is 4. The van der Waals surface area contributed by atoms with Crippen molar-refractivity contribution in [2.45, 2.75) is 19.1 Å². The Morgan fingerprint density at radius 3 is 2.25 bits per heavy atom. The van der Waals surface area contributed by atoms with Crippen LogP contribution in [0.4, 0.5) is 36.2 Å². The maximum absolute atomic E-state index is 13.1. The smallest absolute Gasteiger partial charge is 0.416 e. The van der Waals surface area contributed by atoms with Gasteiger partial charge in [0.25, 0.3) is 5.91 Å². The number of nitrogens with zero attached hydrogens (tertiary/aromatic N) is 3. The quantitative estimate of drug-likeness (QED) is 0.230. The Labute approximate surface area is 230 Å². The Morgan fingerprint density at radius 1 is 0.925 bits per heavy atom. The average Bonchev–Trinajstić information content (AvgIpc) is 2.94. The number of methoxy groups -OCH3 is 2. The topological polar surface area (TPSA) is 110 Å². The third kappa shape index (κ3) is 6.76. The number of carbonyl (C=O) groups excluding carboxylic acids is 1. The number of halogens is 3. The van der Waals surface area contributed by atoms with Gasteiger partial charge in [-0.15, -0.1) is 10.2 Å². The third-order valence-electron chi connectivity index (χ3n) is 5.81. The summed E-state index contributed by atoms with van der Waals surface area (Å²) >= 11 is 0. The minimum absolute atomic E-state index is 0.198. The molecule has 1 aromatic heterocycles. The zero-order valence-electron chi connectivity index (χ0n) is 21.7. The summed E-state index contributed by atoms with van der Waals surface area (Å²) in [5.74, 6) is 0.952. The van der Waals surface area contributed by atoms with Crippen molar-refractivity contribution >= 4 is 43.5 Å². The lowest BCUT2D eigenvalue weighted by molar-refractivity contribution is -0.137. The molecule has 9 nitrogen and oxygen atoms in total. The van der Waals surface area contributed by atoms with Crippen LogP contribution in [-0.2, 0) is 6.18 Å². The first-order chi connectivity index (χ1) is 19.1. The second-order valence-electron chi connectivity index (χ2n) is 8.57. The number of nitrogens with one attached hydrogen (secondary N) is 3. The Bertz CT molecular complexity index is 1480. The van der Waals surface area contributed by atoms with Crippen LogP contribution in [0.1, 0.15) is 34.6 Å². The summed E-state index contributed by atoms with van der Waals surface area (Å²) in [6, 6.07) is 14.2. The predicted octanol–water partition coefficient (Wildman–Crippen LogP) is 5.39. The Morgan fingerprint density at radius 2 is 1.62 bits per heavy atom. The number of hydrogen-bond acceptors (Lipinski definition) is 8. The summed E-state index contributed by atoms with van der Waals surface area (Å²) in [6.45, 7) is 1.72. The normalized spacial score (nSPS) is 11.9. The highest BCUT2D eigenvalue weighted by atomic mass is 31.0. The largest absolute Gasteiger partial charge is 0.496 e. The van der Waals surface area contributed by atoms with Crippen LogP contribution < -0.4 is 30.7 Å². The first-order valence-corrected chi connectivity index (χ1v) is 12.5. The van der Waals surface area contributed by atoms with Crippen molar-refractivity contribution in [3.8, 4) is 11.5 Å². The number of carbonyl (C=O) groups is 1. The van der Waals surface area contributed by atoms with Gasteiger partial charge in [0.05, 0.1) is 48.6 Å². The van der Waals surface area contributed by atoms with Gasteiger partial charge >= 0.3 is 6.18 Å². The molecule has 0 aliphatic rings. The van der Waals surface area contributed by atoms with E-state index in [0.29, 0.717) is 28.6 Å². The first kappa shape index (κ1) is 28.6. The van der Waals surface area contributed by atoms with Crippen LogP contribution in [-0.4, -0.2) is 35.3 Å². The van der Waals surface area contributed by atoms with Gasteiger partial charge in [-0.05, 0) is 37.3 Å². The van der Waals surface area contributed by atoms with Crippen molar-refractivity contribution in [1.82, 2.24) is 20.5 Å². The molecule has 0 spiro atoms. The molecule has 0 aliphatic heterocycles. The first-order valence-electron chi connectivity index (χ1n) is 11.9. The summed E-state index contributed by atoms with van der Waals surface area (Å²) in [6.07, 6.45) is -3.01. The van der Waals surface area contributed by atoms with Crippen LogP contribution in [0.15, 0.2) is 66.9 Å². The molecule has 208 valence electrons. The van der Waals surface area contributed by atoms with Gasteiger partial charge in [-0.2, -0.15) is 13.2 Å². The molecular weight excluding hydrogens is 544 g/mol. The minimum Gasteiger partial charge on any atom is -0.496 e. The Balaban J connectivity index is 1.45. The molecule has 3 aromatic carbocycles. The Kier molecular flexibility index (Phi) is 8.69. The number of aromatic nitrogens is 3. The summed E-state index contributed by atoms with van der Waals surface area (Å²) in [5, 5.41) is 17.8. The lowest BCUT2D eigenvalue weighted by atomic mass is 10.1. The molecule has 4 rings (SSSR count). The van der Waals surface area contributed by atoms with Crippen LogP contribution >= 0.6 is 9.24 Å². The van der Waals surface area contributed by atoms with E-state index in [2.05, 4.69) is 40.4 Å². The highest BCUT2D eigenvalue weighted by Gasteiger charge is 2.30. The average molecular weight is 571 g/mol. The molecular formula is C27H26F3N6O3P. The molecule has 0 saturated heterocycles. The molecule has 0 bridgehead atoms. The molecule has 2 atom stereocenters. The summed E-state index contributed by atoms with van der Waals surface area (Å²) < 4.78 is 50.0. The minimum atomic E-state index is -4.48. The fourth-order valence-corrected chi connectivity index (χ4v) is 4.15. The van der Waals surface area contributed by atoms with Gasteiger partial charge < -0.3 is 25.4 Å². The van der Waals surface area contributed by atoms with Gasteiger partial charge in [-0.25, -0.2) is 4.98 Å². The molecule has 4 aromatic rings. The highest BCUT2D eigenvalue weighted by molar-refractivity contribution is 7.28. The number of benzene rings is 3. The van der Waals surface area contributed by atoms with E-state index in [1.54, 1.807) is 57.5 Å². The maximum atomic E-state index is 13.1. The number of alkyl halides is 3. The number of ether oxygens (including phenoxy) is 2. The summed E-state index contributed by atoms with van der Waals surface area (Å²) in [7, 11) is 5.66. The van der Waals surface area contributed by atoms with Crippen molar-refractivity contribution in [3.63, 3.8) is 0 Å². The van der Waals surface area contributed by atoms with Gasteiger partial charge in [0.15, 0.2) is 0 Å². The molecule has 1 amide bonds. The van der Waals surface area contributed by atoms with E-state index in [1.807, 2.05) is 0 Å². The van der Waals surface area contributed by atoms with Crippen LogP contribution in [0.2, 0.25) is 0 Å². The van der Waals surface area contributed by atoms with Gasteiger partial charge in [0.2, 0.25) is 5.95 Å². The molecule has 0 radical (unpaired) electrons.